The lowest BCUT2D eigenvalue weighted by Crippen LogP contribution is -2.28. The zero-order valence-electron chi connectivity index (χ0n) is 16.1. The number of pyridine rings is 1. The van der Waals surface area contributed by atoms with E-state index in [-0.39, 0.29) is 5.91 Å². The topological polar surface area (TPSA) is 55.6 Å². The predicted octanol–water partition coefficient (Wildman–Crippen LogP) is 5.09. The number of carbonyl (C=O) groups is 1. The van der Waals surface area contributed by atoms with Gasteiger partial charge in [-0.2, -0.15) is 0 Å². The molecule has 4 aromatic rings. The Morgan fingerprint density at radius 3 is 2.70 bits per heavy atom. The summed E-state index contributed by atoms with van der Waals surface area (Å²) in [5.41, 5.74) is 2.54. The Hall–Kier alpha value is -2.96. The van der Waals surface area contributed by atoms with Gasteiger partial charge in [-0.1, -0.05) is 29.8 Å². The molecule has 1 N–H and O–H groups in total. The van der Waals surface area contributed by atoms with E-state index in [1.54, 1.807) is 36.0 Å². The summed E-state index contributed by atoms with van der Waals surface area (Å²) in [5, 5.41) is 3.58. The van der Waals surface area contributed by atoms with Crippen molar-refractivity contribution in [2.24, 2.45) is 0 Å². The second kappa shape index (κ2) is 9.69. The third-order valence-electron chi connectivity index (χ3n) is 4.39. The molecule has 0 saturated heterocycles. The Balaban J connectivity index is 1.32. The summed E-state index contributed by atoms with van der Waals surface area (Å²) in [5.74, 6) is 1.29. The molecule has 7 heteroatoms. The molecule has 1 amide bonds. The molecule has 0 aliphatic carbocycles. The zero-order chi connectivity index (χ0) is 20.8. The van der Waals surface area contributed by atoms with E-state index in [9.17, 15) is 4.79 Å². The van der Waals surface area contributed by atoms with Crippen molar-refractivity contribution in [3.8, 4) is 5.75 Å². The Morgan fingerprint density at radius 2 is 1.87 bits per heavy atom. The molecule has 2 aromatic heterocycles. The molecule has 5 nitrogen and oxygen atoms in total. The molecule has 0 unspecified atom stereocenters. The first-order chi connectivity index (χ1) is 14.7. The summed E-state index contributed by atoms with van der Waals surface area (Å²) < 4.78 is 7.62. The third-order valence-corrected chi connectivity index (χ3v) is 5.75. The van der Waals surface area contributed by atoms with Crippen LogP contribution >= 0.6 is 23.4 Å². The molecule has 0 spiro atoms. The largest absolute Gasteiger partial charge is 0.492 e. The van der Waals surface area contributed by atoms with E-state index in [1.807, 2.05) is 59.3 Å². The quantitative estimate of drug-likeness (QED) is 0.308. The van der Waals surface area contributed by atoms with Crippen LogP contribution in [0.5, 0.6) is 5.75 Å². The van der Waals surface area contributed by atoms with Crippen molar-refractivity contribution in [2.75, 3.05) is 13.2 Å². The highest BCUT2D eigenvalue weighted by atomic mass is 35.5. The highest BCUT2D eigenvalue weighted by molar-refractivity contribution is 7.98. The maximum absolute atomic E-state index is 12.7. The average Bonchev–Trinajstić information content (AvgIpc) is 3.19. The van der Waals surface area contributed by atoms with E-state index < -0.39 is 0 Å². The number of rotatable bonds is 8. The van der Waals surface area contributed by atoms with Gasteiger partial charge in [0.25, 0.3) is 5.91 Å². The first kappa shape index (κ1) is 20.3. The number of nitrogens with zero attached hydrogens (tertiary/aromatic N) is 2. The molecule has 152 valence electrons. The van der Waals surface area contributed by atoms with Gasteiger partial charge in [-0.05, 0) is 48.5 Å². The van der Waals surface area contributed by atoms with E-state index in [0.29, 0.717) is 29.5 Å². The molecule has 2 aromatic carbocycles. The molecule has 4 rings (SSSR count). The van der Waals surface area contributed by atoms with E-state index in [0.717, 1.165) is 22.0 Å². The van der Waals surface area contributed by atoms with Gasteiger partial charge in [0.15, 0.2) is 0 Å². The molecule has 0 radical (unpaired) electrons. The van der Waals surface area contributed by atoms with Crippen LogP contribution in [0.1, 0.15) is 16.1 Å². The fourth-order valence-electron chi connectivity index (χ4n) is 2.95. The van der Waals surface area contributed by atoms with Gasteiger partial charge in [-0.15, -0.1) is 11.8 Å². The fourth-order valence-corrected chi connectivity index (χ4v) is 4.01. The van der Waals surface area contributed by atoms with Gasteiger partial charge in [-0.25, -0.2) is 4.98 Å². The SMILES string of the molecule is O=C(NCCOc1ccc(Cl)cc1)c1ccccc1SCc1cn2ccccc2n1. The summed E-state index contributed by atoms with van der Waals surface area (Å²) >= 11 is 7.46. The number of imidazole rings is 1. The van der Waals surface area contributed by atoms with E-state index in [2.05, 4.69) is 10.3 Å². The zero-order valence-corrected chi connectivity index (χ0v) is 17.7. The van der Waals surface area contributed by atoms with Crippen LogP contribution in [-0.2, 0) is 5.75 Å². The molecular weight excluding hydrogens is 418 g/mol. The fraction of sp³-hybridized carbons (Fsp3) is 0.130. The number of amides is 1. The van der Waals surface area contributed by atoms with Crippen molar-refractivity contribution in [1.29, 1.82) is 0 Å². The average molecular weight is 438 g/mol. The minimum absolute atomic E-state index is 0.118. The number of halogens is 1. The Morgan fingerprint density at radius 1 is 1.07 bits per heavy atom. The molecule has 0 saturated carbocycles. The van der Waals surface area contributed by atoms with Crippen LogP contribution in [0, 0.1) is 0 Å². The molecule has 0 aliphatic heterocycles. The standard InChI is InChI=1S/C23H20ClN3O2S/c24-17-8-10-19(11-9-17)29-14-12-25-23(28)20-5-1-2-6-21(20)30-16-18-15-27-13-4-3-7-22(27)26-18/h1-11,13,15H,12,14,16H2,(H,25,28). The maximum Gasteiger partial charge on any atom is 0.252 e. The van der Waals surface area contributed by atoms with Crippen molar-refractivity contribution < 1.29 is 9.53 Å². The Bertz CT molecular complexity index is 1110. The number of fused-ring (bicyclic) bond motifs is 1. The van der Waals surface area contributed by atoms with E-state index >= 15 is 0 Å². The first-order valence-electron chi connectivity index (χ1n) is 9.50. The van der Waals surface area contributed by atoms with Gasteiger partial charge in [-0.3, -0.25) is 4.79 Å². The Kier molecular flexibility index (Phi) is 6.57. The molecule has 30 heavy (non-hydrogen) atoms. The summed E-state index contributed by atoms with van der Waals surface area (Å²) in [6.45, 7) is 0.789. The maximum atomic E-state index is 12.7. The van der Waals surface area contributed by atoms with Gasteiger partial charge >= 0.3 is 0 Å². The molecule has 2 heterocycles. The molecule has 0 bridgehead atoms. The molecule has 0 aliphatic rings. The van der Waals surface area contributed by atoms with Crippen LogP contribution in [-0.4, -0.2) is 28.4 Å². The number of aromatic nitrogens is 2. The van der Waals surface area contributed by atoms with Crippen molar-refractivity contribution in [3.05, 3.63) is 95.4 Å². The monoisotopic (exact) mass is 437 g/mol. The normalized spacial score (nSPS) is 10.8. The minimum Gasteiger partial charge on any atom is -0.492 e. The van der Waals surface area contributed by atoms with Gasteiger partial charge in [0.2, 0.25) is 0 Å². The van der Waals surface area contributed by atoms with E-state index in [4.69, 9.17) is 16.3 Å². The number of thioether (sulfide) groups is 1. The third kappa shape index (κ3) is 5.14. The van der Waals surface area contributed by atoms with Crippen LogP contribution < -0.4 is 10.1 Å². The summed E-state index contributed by atoms with van der Waals surface area (Å²) in [4.78, 5) is 18.2. The van der Waals surface area contributed by atoms with Crippen LogP contribution in [0.2, 0.25) is 5.02 Å². The number of hydrogen-bond donors (Lipinski definition) is 1. The summed E-state index contributed by atoms with van der Waals surface area (Å²) in [7, 11) is 0. The lowest BCUT2D eigenvalue weighted by atomic mass is 10.2. The number of nitrogens with one attached hydrogen (secondary N) is 1. The first-order valence-corrected chi connectivity index (χ1v) is 10.9. The van der Waals surface area contributed by atoms with Crippen molar-refractivity contribution >= 4 is 34.9 Å². The van der Waals surface area contributed by atoms with Gasteiger partial charge < -0.3 is 14.5 Å². The smallest absolute Gasteiger partial charge is 0.252 e. The number of benzene rings is 2. The molecular formula is C23H20ClN3O2S. The Labute approximate surface area is 184 Å². The second-order valence-corrected chi connectivity index (χ2v) is 8.00. The molecule has 0 atom stereocenters. The summed E-state index contributed by atoms with van der Waals surface area (Å²) in [6.07, 6.45) is 3.99. The second-order valence-electron chi connectivity index (χ2n) is 6.54. The number of carbonyl (C=O) groups excluding carboxylic acids is 1. The predicted molar refractivity (Wildman–Crippen MR) is 120 cm³/mol. The van der Waals surface area contributed by atoms with Gasteiger partial charge in [0.05, 0.1) is 17.8 Å². The highest BCUT2D eigenvalue weighted by Crippen LogP contribution is 2.26. The van der Waals surface area contributed by atoms with Gasteiger partial charge in [0.1, 0.15) is 18.0 Å². The summed E-state index contributed by atoms with van der Waals surface area (Å²) in [6, 6.07) is 20.7. The van der Waals surface area contributed by atoms with Crippen molar-refractivity contribution in [3.63, 3.8) is 0 Å². The number of ether oxygens (including phenoxy) is 1. The minimum atomic E-state index is -0.118. The van der Waals surface area contributed by atoms with Gasteiger partial charge in [0, 0.05) is 28.1 Å². The number of hydrogen-bond acceptors (Lipinski definition) is 4. The van der Waals surface area contributed by atoms with Crippen molar-refractivity contribution in [1.82, 2.24) is 14.7 Å². The van der Waals surface area contributed by atoms with Crippen LogP contribution in [0.25, 0.3) is 5.65 Å². The van der Waals surface area contributed by atoms with Crippen LogP contribution in [0.3, 0.4) is 0 Å². The molecule has 0 fully saturated rings. The highest BCUT2D eigenvalue weighted by Gasteiger charge is 2.12. The lowest BCUT2D eigenvalue weighted by molar-refractivity contribution is 0.0944. The van der Waals surface area contributed by atoms with Crippen LogP contribution in [0.15, 0.2) is 84.0 Å². The van der Waals surface area contributed by atoms with Crippen LogP contribution in [0.4, 0.5) is 0 Å². The van der Waals surface area contributed by atoms with E-state index in [1.165, 1.54) is 0 Å². The van der Waals surface area contributed by atoms with Crippen molar-refractivity contribution in [2.45, 2.75) is 10.6 Å². The lowest BCUT2D eigenvalue weighted by Gasteiger charge is -2.10.